The van der Waals surface area contributed by atoms with E-state index in [1.165, 1.54) is 14.2 Å². The van der Waals surface area contributed by atoms with Crippen molar-refractivity contribution in [2.24, 2.45) is 46.3 Å². The van der Waals surface area contributed by atoms with Gasteiger partial charge in [-0.15, -0.1) is 0 Å². The molecule has 6 saturated carbocycles. The molecule has 0 radical (unpaired) electrons. The predicted octanol–water partition coefficient (Wildman–Crippen LogP) is -0.0112. The Morgan fingerprint density at radius 2 is 1.27 bits per heavy atom. The smallest absolute Gasteiger partial charge is 0.314 e. The van der Waals surface area contributed by atoms with Gasteiger partial charge in [0.2, 0.25) is 0 Å². The van der Waals surface area contributed by atoms with Gasteiger partial charge in [0, 0.05) is 24.7 Å². The molecule has 116 valence electrons. The molecule has 0 aromatic heterocycles. The number of rotatable bonds is 2. The van der Waals surface area contributed by atoms with E-state index in [2.05, 4.69) is 0 Å². The van der Waals surface area contributed by atoms with Crippen molar-refractivity contribution in [3.63, 3.8) is 0 Å². The number of hydrogen-bond acceptors (Lipinski definition) is 6. The van der Waals surface area contributed by atoms with Crippen LogP contribution in [0.2, 0.25) is 0 Å². The Balaban J connectivity index is 1.85. The lowest BCUT2D eigenvalue weighted by Crippen LogP contribution is -2.63. The number of hydrogen-bond donors (Lipinski definition) is 0. The number of esters is 2. The van der Waals surface area contributed by atoms with Crippen LogP contribution in [0.25, 0.3) is 0 Å². The van der Waals surface area contributed by atoms with Gasteiger partial charge in [0.25, 0.3) is 0 Å². The topological polar surface area (TPSA) is 86.7 Å². The van der Waals surface area contributed by atoms with Crippen LogP contribution < -0.4 is 0 Å². The molecule has 2 unspecified atom stereocenters. The summed E-state index contributed by atoms with van der Waals surface area (Å²) < 4.78 is 10.1. The molecule has 22 heavy (non-hydrogen) atoms. The fraction of sp³-hybridized carbons (Fsp3) is 0.750. The van der Waals surface area contributed by atoms with Gasteiger partial charge in [0.15, 0.2) is 0 Å². The first-order chi connectivity index (χ1) is 10.5. The van der Waals surface area contributed by atoms with Crippen molar-refractivity contribution in [2.45, 2.75) is 12.8 Å². The Morgan fingerprint density at radius 1 is 0.864 bits per heavy atom. The molecule has 6 rings (SSSR count). The third-order valence-electron chi connectivity index (χ3n) is 7.56. The summed E-state index contributed by atoms with van der Waals surface area (Å²) in [7, 11) is 2.58. The molecule has 6 aliphatic rings. The molecule has 0 aromatic carbocycles. The van der Waals surface area contributed by atoms with Gasteiger partial charge in [-0.3, -0.25) is 19.2 Å². The Hall–Kier alpha value is -1.72. The molecule has 8 bridgehead atoms. The minimum atomic E-state index is -1.29. The summed E-state index contributed by atoms with van der Waals surface area (Å²) >= 11 is 0. The summed E-state index contributed by atoms with van der Waals surface area (Å²) in [6.45, 7) is 0. The highest BCUT2D eigenvalue weighted by atomic mass is 16.5. The highest BCUT2D eigenvalue weighted by Crippen LogP contribution is 2.91. The Morgan fingerprint density at radius 3 is 1.68 bits per heavy atom. The third-order valence-corrected chi connectivity index (χ3v) is 7.56. The van der Waals surface area contributed by atoms with E-state index in [0.717, 1.165) is 0 Å². The third kappa shape index (κ3) is 0.787. The van der Waals surface area contributed by atoms with Crippen LogP contribution in [0.3, 0.4) is 0 Å². The fourth-order valence-electron chi connectivity index (χ4n) is 7.71. The lowest BCUT2D eigenvalue weighted by atomic mass is 9.49. The second-order valence-corrected chi connectivity index (χ2v) is 7.39. The molecule has 8 atom stereocenters. The van der Waals surface area contributed by atoms with Crippen molar-refractivity contribution < 1.29 is 28.7 Å². The van der Waals surface area contributed by atoms with E-state index in [1.54, 1.807) is 0 Å². The average Bonchev–Trinajstić information content (AvgIpc) is 3.25. The zero-order valence-corrected chi connectivity index (χ0v) is 12.3. The predicted molar refractivity (Wildman–Crippen MR) is 69.1 cm³/mol. The maximum Gasteiger partial charge on any atom is 0.314 e. The molecule has 6 nitrogen and oxygen atoms in total. The Kier molecular flexibility index (Phi) is 1.91. The molecule has 0 spiro atoms. The summed E-state index contributed by atoms with van der Waals surface area (Å²) in [5.74, 6) is -2.37. The molecule has 0 saturated heterocycles. The van der Waals surface area contributed by atoms with Crippen LogP contribution in [-0.2, 0) is 28.7 Å². The summed E-state index contributed by atoms with van der Waals surface area (Å²) in [5.41, 5.74) is -2.30. The van der Waals surface area contributed by atoms with Crippen molar-refractivity contribution >= 4 is 23.5 Å². The van der Waals surface area contributed by atoms with Crippen LogP contribution in [0.4, 0.5) is 0 Å². The van der Waals surface area contributed by atoms with Crippen LogP contribution in [0.5, 0.6) is 0 Å². The summed E-state index contributed by atoms with van der Waals surface area (Å²) in [4.78, 5) is 50.5. The minimum absolute atomic E-state index is 0.0144. The standard InChI is InChI=1S/C16H16O6/c1-21-13(19)15-5-3-7(17)11-9(5)10-6(15)4-8(18)12(10)16(11,15)14(20)22-2/h5-6,9-12H,3-4H2,1-2H3/t5-,6+,9-,10-,11-,12+,15?,16?/m0/s1. The number of methoxy groups -OCH3 is 2. The van der Waals surface area contributed by atoms with Gasteiger partial charge in [-0.05, 0) is 23.7 Å². The SMILES string of the molecule is COC(=O)C12[C@@H]3CC(=O)[C@@H]4[C@@H]3[C@@H]3[C@@H]1CC(=O)[C@@H]3C42C(=O)OC. The maximum atomic E-state index is 12.8. The number of carbonyl (C=O) groups excluding carboxylic acids is 4. The molecule has 0 aromatic rings. The number of ether oxygens (including phenoxy) is 2. The summed E-state index contributed by atoms with van der Waals surface area (Å²) in [6.07, 6.45) is 0.661. The van der Waals surface area contributed by atoms with Gasteiger partial charge in [0.1, 0.15) is 17.0 Å². The molecule has 6 heteroatoms. The van der Waals surface area contributed by atoms with Crippen molar-refractivity contribution in [2.75, 3.05) is 14.2 Å². The van der Waals surface area contributed by atoms with Crippen LogP contribution in [0, 0.1) is 46.3 Å². The average molecular weight is 304 g/mol. The maximum absolute atomic E-state index is 12.8. The van der Waals surface area contributed by atoms with Crippen LogP contribution >= 0.6 is 0 Å². The van der Waals surface area contributed by atoms with Crippen LogP contribution in [0.1, 0.15) is 12.8 Å². The normalized spacial score (nSPS) is 55.4. The first kappa shape index (κ1) is 12.8. The van der Waals surface area contributed by atoms with E-state index in [9.17, 15) is 19.2 Å². The van der Waals surface area contributed by atoms with E-state index in [1.807, 2.05) is 0 Å². The molecule has 6 aliphatic carbocycles. The molecule has 6 fully saturated rings. The number of Topliss-reactive ketones (excluding diaryl/α,β-unsaturated/α-hetero) is 2. The lowest BCUT2D eigenvalue weighted by molar-refractivity contribution is -0.194. The van der Waals surface area contributed by atoms with Crippen molar-refractivity contribution in [1.29, 1.82) is 0 Å². The van der Waals surface area contributed by atoms with E-state index in [4.69, 9.17) is 9.47 Å². The molecule has 0 amide bonds. The first-order valence-corrected chi connectivity index (χ1v) is 7.71. The Bertz CT molecular complexity index is 642. The molecule has 0 heterocycles. The first-order valence-electron chi connectivity index (χ1n) is 7.71. The van der Waals surface area contributed by atoms with Gasteiger partial charge >= 0.3 is 11.9 Å². The largest absolute Gasteiger partial charge is 0.469 e. The van der Waals surface area contributed by atoms with Crippen LogP contribution in [-0.4, -0.2) is 37.7 Å². The van der Waals surface area contributed by atoms with E-state index < -0.39 is 34.6 Å². The minimum Gasteiger partial charge on any atom is -0.469 e. The van der Waals surface area contributed by atoms with Crippen molar-refractivity contribution in [3.8, 4) is 0 Å². The van der Waals surface area contributed by atoms with Gasteiger partial charge in [-0.1, -0.05) is 0 Å². The lowest BCUT2D eigenvalue weighted by Gasteiger charge is -2.50. The molecular formula is C16H16O6. The van der Waals surface area contributed by atoms with E-state index in [-0.39, 0.29) is 35.2 Å². The highest BCUT2D eigenvalue weighted by Gasteiger charge is 2.99. The number of ketones is 2. The second-order valence-electron chi connectivity index (χ2n) is 7.39. The summed E-state index contributed by atoms with van der Waals surface area (Å²) in [5, 5.41) is 0. The van der Waals surface area contributed by atoms with E-state index in [0.29, 0.717) is 12.8 Å². The molecule has 0 N–H and O–H groups in total. The summed E-state index contributed by atoms with van der Waals surface area (Å²) in [6, 6.07) is 0. The second kappa shape index (κ2) is 3.29. The zero-order chi connectivity index (χ0) is 15.6. The van der Waals surface area contributed by atoms with Gasteiger partial charge in [0.05, 0.1) is 19.6 Å². The zero-order valence-electron chi connectivity index (χ0n) is 12.3. The van der Waals surface area contributed by atoms with Crippen molar-refractivity contribution in [1.82, 2.24) is 0 Å². The fourth-order valence-corrected chi connectivity index (χ4v) is 7.71. The monoisotopic (exact) mass is 304 g/mol. The van der Waals surface area contributed by atoms with Crippen LogP contribution in [0.15, 0.2) is 0 Å². The van der Waals surface area contributed by atoms with Gasteiger partial charge in [-0.2, -0.15) is 0 Å². The van der Waals surface area contributed by atoms with E-state index >= 15 is 0 Å². The van der Waals surface area contributed by atoms with Gasteiger partial charge < -0.3 is 9.47 Å². The molecular weight excluding hydrogens is 288 g/mol. The van der Waals surface area contributed by atoms with Gasteiger partial charge in [-0.25, -0.2) is 0 Å². The Labute approximate surface area is 126 Å². The highest BCUT2D eigenvalue weighted by molar-refractivity contribution is 6.09. The molecule has 0 aliphatic heterocycles. The number of carbonyl (C=O) groups is 4. The van der Waals surface area contributed by atoms with Crippen molar-refractivity contribution in [3.05, 3.63) is 0 Å². The quantitative estimate of drug-likeness (QED) is 0.667.